The lowest BCUT2D eigenvalue weighted by atomic mass is 10.3. The van der Waals surface area contributed by atoms with Gasteiger partial charge in [0, 0.05) is 0 Å². The summed E-state index contributed by atoms with van der Waals surface area (Å²) in [6.07, 6.45) is 5.08. The molecule has 2 rings (SSSR count). The number of ether oxygens (including phenoxy) is 1. The summed E-state index contributed by atoms with van der Waals surface area (Å²) in [6.45, 7) is 0.234. The minimum atomic E-state index is 0.234. The Bertz CT molecular complexity index is 500. The van der Waals surface area contributed by atoms with E-state index in [0.717, 1.165) is 10.2 Å². The van der Waals surface area contributed by atoms with Gasteiger partial charge in [0.15, 0.2) is 6.61 Å². The second kappa shape index (κ2) is 3.87. The zero-order valence-electron chi connectivity index (χ0n) is 7.16. The van der Waals surface area contributed by atoms with Gasteiger partial charge in [-0.05, 0) is 12.1 Å². The van der Waals surface area contributed by atoms with Crippen molar-refractivity contribution < 1.29 is 4.74 Å². The lowest BCUT2D eigenvalue weighted by Crippen LogP contribution is -1.91. The van der Waals surface area contributed by atoms with E-state index in [4.69, 9.17) is 22.8 Å². The number of fused-ring (bicyclic) bond motifs is 1. The molecule has 1 aromatic carbocycles. The first-order valence-electron chi connectivity index (χ1n) is 3.92. The van der Waals surface area contributed by atoms with Crippen molar-refractivity contribution in [3.63, 3.8) is 0 Å². The maximum absolute atomic E-state index is 5.95. The average Bonchev–Trinajstić information content (AvgIpc) is 2.59. The number of rotatable bonds is 2. The molecule has 0 N–H and O–H groups in total. The van der Waals surface area contributed by atoms with Crippen LogP contribution in [0.3, 0.4) is 0 Å². The van der Waals surface area contributed by atoms with Gasteiger partial charge in [0.2, 0.25) is 0 Å². The molecule has 14 heavy (non-hydrogen) atoms. The fraction of sp³-hybridized carbons (Fsp3) is 0.100. The van der Waals surface area contributed by atoms with E-state index in [9.17, 15) is 0 Å². The van der Waals surface area contributed by atoms with Crippen molar-refractivity contribution in [3.05, 3.63) is 23.2 Å². The Morgan fingerprint density at radius 3 is 3.14 bits per heavy atom. The van der Waals surface area contributed by atoms with Gasteiger partial charge in [-0.25, -0.2) is 4.98 Å². The van der Waals surface area contributed by atoms with Crippen LogP contribution in [-0.2, 0) is 0 Å². The van der Waals surface area contributed by atoms with Gasteiger partial charge < -0.3 is 4.74 Å². The zero-order chi connectivity index (χ0) is 9.97. The second-order valence-electron chi connectivity index (χ2n) is 2.56. The van der Waals surface area contributed by atoms with Crippen molar-refractivity contribution in [2.45, 2.75) is 0 Å². The third kappa shape index (κ3) is 1.67. The summed E-state index contributed by atoms with van der Waals surface area (Å²) < 4.78 is 6.21. The van der Waals surface area contributed by atoms with Crippen LogP contribution in [0.25, 0.3) is 10.2 Å². The summed E-state index contributed by atoms with van der Waals surface area (Å²) in [7, 11) is 0. The first-order chi connectivity index (χ1) is 6.81. The summed E-state index contributed by atoms with van der Waals surface area (Å²) >= 11 is 7.39. The summed E-state index contributed by atoms with van der Waals surface area (Å²) in [4.78, 5) is 4.22. The highest BCUT2D eigenvalue weighted by Gasteiger charge is 2.06. The molecule has 1 aromatic heterocycles. The zero-order valence-corrected chi connectivity index (χ0v) is 8.73. The van der Waals surface area contributed by atoms with E-state index in [0.29, 0.717) is 10.2 Å². The Hall–Kier alpha value is -1.24. The molecule has 0 radical (unpaired) electrons. The second-order valence-corrected chi connectivity index (χ2v) is 3.96. The maximum Gasteiger partial charge on any atom is 0.275 e. The number of halogens is 1. The van der Waals surface area contributed by atoms with Crippen LogP contribution in [0.15, 0.2) is 18.2 Å². The molecule has 0 aliphatic carbocycles. The largest absolute Gasteiger partial charge is 0.457 e. The standard InChI is InChI=1S/C10H6ClNOS/c1-2-6-13-10-12-9-7(11)4-3-5-8(9)14-10/h1,3-5H,6H2. The topological polar surface area (TPSA) is 22.1 Å². The lowest BCUT2D eigenvalue weighted by molar-refractivity contribution is 0.369. The predicted molar refractivity (Wildman–Crippen MR) is 59.0 cm³/mol. The van der Waals surface area contributed by atoms with Crippen LogP contribution in [0, 0.1) is 12.3 Å². The summed E-state index contributed by atoms with van der Waals surface area (Å²) in [5.74, 6) is 2.39. The molecule has 0 aliphatic rings. The summed E-state index contributed by atoms with van der Waals surface area (Å²) in [5.41, 5.74) is 0.770. The minimum absolute atomic E-state index is 0.234. The van der Waals surface area contributed by atoms with Gasteiger partial charge in [-0.3, -0.25) is 0 Å². The van der Waals surface area contributed by atoms with Gasteiger partial charge in [0.05, 0.1) is 9.72 Å². The van der Waals surface area contributed by atoms with Crippen molar-refractivity contribution in [1.82, 2.24) is 4.98 Å². The molecule has 0 fully saturated rings. The van der Waals surface area contributed by atoms with E-state index >= 15 is 0 Å². The number of hydrogen-bond acceptors (Lipinski definition) is 3. The first kappa shape index (κ1) is 9.32. The maximum atomic E-state index is 5.95. The number of benzene rings is 1. The van der Waals surface area contributed by atoms with E-state index < -0.39 is 0 Å². The van der Waals surface area contributed by atoms with Gasteiger partial charge >= 0.3 is 0 Å². The molecule has 1 heterocycles. The highest BCUT2D eigenvalue weighted by Crippen LogP contribution is 2.31. The Balaban J connectivity index is 2.42. The number of para-hydroxylation sites is 1. The Kier molecular flexibility index (Phi) is 2.58. The molecular formula is C10H6ClNOS. The summed E-state index contributed by atoms with van der Waals surface area (Å²) in [6, 6.07) is 5.63. The highest BCUT2D eigenvalue weighted by molar-refractivity contribution is 7.20. The van der Waals surface area contributed by atoms with Gasteiger partial charge in [0.1, 0.15) is 5.52 Å². The molecule has 2 aromatic rings. The monoisotopic (exact) mass is 223 g/mol. The number of nitrogens with zero attached hydrogens (tertiary/aromatic N) is 1. The van der Waals surface area contributed by atoms with Crippen LogP contribution >= 0.6 is 22.9 Å². The van der Waals surface area contributed by atoms with E-state index in [1.807, 2.05) is 12.1 Å². The predicted octanol–water partition coefficient (Wildman–Crippen LogP) is 2.96. The lowest BCUT2D eigenvalue weighted by Gasteiger charge is -1.92. The fourth-order valence-corrected chi connectivity index (χ4v) is 2.17. The molecule has 2 nitrogen and oxygen atoms in total. The van der Waals surface area contributed by atoms with Crippen molar-refractivity contribution in [1.29, 1.82) is 0 Å². The molecule has 0 saturated carbocycles. The van der Waals surface area contributed by atoms with Crippen LogP contribution < -0.4 is 4.74 Å². The summed E-state index contributed by atoms with van der Waals surface area (Å²) in [5, 5.41) is 1.19. The Labute approximate surface area is 90.5 Å². The normalized spacial score (nSPS) is 10.0. The number of aromatic nitrogens is 1. The van der Waals surface area contributed by atoms with Crippen molar-refractivity contribution in [2.75, 3.05) is 6.61 Å². The average molecular weight is 224 g/mol. The van der Waals surface area contributed by atoms with Crippen LogP contribution in [-0.4, -0.2) is 11.6 Å². The number of hydrogen-bond donors (Lipinski definition) is 0. The van der Waals surface area contributed by atoms with Crippen LogP contribution in [0.5, 0.6) is 5.19 Å². The van der Waals surface area contributed by atoms with Gasteiger partial charge in [0.25, 0.3) is 5.19 Å². The van der Waals surface area contributed by atoms with Crippen LogP contribution in [0.4, 0.5) is 0 Å². The van der Waals surface area contributed by atoms with Gasteiger partial charge in [-0.1, -0.05) is 34.9 Å². The molecule has 70 valence electrons. The van der Waals surface area contributed by atoms with E-state index in [1.54, 1.807) is 6.07 Å². The molecule has 0 bridgehead atoms. The van der Waals surface area contributed by atoms with Gasteiger partial charge in [-0.15, -0.1) is 6.42 Å². The van der Waals surface area contributed by atoms with Crippen molar-refractivity contribution in [3.8, 4) is 17.5 Å². The Morgan fingerprint density at radius 2 is 2.43 bits per heavy atom. The highest BCUT2D eigenvalue weighted by atomic mass is 35.5. The van der Waals surface area contributed by atoms with E-state index in [2.05, 4.69) is 10.9 Å². The Morgan fingerprint density at radius 1 is 1.57 bits per heavy atom. The quantitative estimate of drug-likeness (QED) is 0.731. The van der Waals surface area contributed by atoms with Gasteiger partial charge in [-0.2, -0.15) is 0 Å². The molecule has 0 spiro atoms. The molecule has 0 unspecified atom stereocenters. The van der Waals surface area contributed by atoms with Crippen LogP contribution in [0.1, 0.15) is 0 Å². The fourth-order valence-electron chi connectivity index (χ4n) is 1.06. The molecule has 0 amide bonds. The van der Waals surface area contributed by atoms with E-state index in [-0.39, 0.29) is 6.61 Å². The van der Waals surface area contributed by atoms with Crippen molar-refractivity contribution in [2.24, 2.45) is 0 Å². The van der Waals surface area contributed by atoms with Crippen molar-refractivity contribution >= 4 is 33.2 Å². The number of terminal acetylenes is 1. The molecule has 0 atom stereocenters. The van der Waals surface area contributed by atoms with E-state index in [1.165, 1.54) is 11.3 Å². The molecular weight excluding hydrogens is 218 g/mol. The third-order valence-electron chi connectivity index (χ3n) is 1.63. The van der Waals surface area contributed by atoms with Crippen LogP contribution in [0.2, 0.25) is 5.02 Å². The molecule has 0 aliphatic heterocycles. The minimum Gasteiger partial charge on any atom is -0.457 e. The molecule has 0 saturated heterocycles. The smallest absolute Gasteiger partial charge is 0.275 e. The SMILES string of the molecule is C#CCOc1nc2c(Cl)cccc2s1. The first-order valence-corrected chi connectivity index (χ1v) is 5.12. The molecule has 4 heteroatoms. The number of thiazole rings is 1. The third-order valence-corrected chi connectivity index (χ3v) is 2.87.